The Kier molecular flexibility index (Phi) is 4.15. The summed E-state index contributed by atoms with van der Waals surface area (Å²) in [6.45, 7) is 0. The number of thiol groups is 1. The minimum atomic E-state index is 0.272. The molecule has 0 radical (unpaired) electrons. The highest BCUT2D eigenvalue weighted by Crippen LogP contribution is 2.16. The lowest BCUT2D eigenvalue weighted by Gasteiger charge is -2.11. The van der Waals surface area contributed by atoms with Crippen molar-refractivity contribution in [1.82, 2.24) is 0 Å². The molecule has 3 heteroatoms. The van der Waals surface area contributed by atoms with E-state index in [4.69, 9.17) is 11.5 Å². The Morgan fingerprint density at radius 1 is 0.833 bits per heavy atom. The van der Waals surface area contributed by atoms with Gasteiger partial charge in [0, 0.05) is 16.6 Å². The van der Waals surface area contributed by atoms with Gasteiger partial charge in [0.2, 0.25) is 0 Å². The van der Waals surface area contributed by atoms with Crippen LogP contribution in [0.5, 0.6) is 0 Å². The molecule has 0 bridgehead atoms. The van der Waals surface area contributed by atoms with Crippen molar-refractivity contribution in [2.45, 2.75) is 18.1 Å². The molecule has 0 aliphatic heterocycles. The molecule has 2 rings (SSSR count). The van der Waals surface area contributed by atoms with Gasteiger partial charge in [-0.1, -0.05) is 24.3 Å². The minimum Gasteiger partial charge on any atom is -0.399 e. The number of anilines is 2. The Hall–Kier alpha value is -1.61. The van der Waals surface area contributed by atoms with Gasteiger partial charge in [-0.2, -0.15) is 12.6 Å². The van der Waals surface area contributed by atoms with Gasteiger partial charge in [-0.05, 0) is 48.2 Å². The van der Waals surface area contributed by atoms with Crippen molar-refractivity contribution >= 4 is 24.0 Å². The molecule has 94 valence electrons. The maximum absolute atomic E-state index is 5.77. The minimum absolute atomic E-state index is 0.272. The van der Waals surface area contributed by atoms with Gasteiger partial charge in [0.05, 0.1) is 0 Å². The fourth-order valence-electron chi connectivity index (χ4n) is 2.06. The molecule has 0 spiro atoms. The molecule has 0 fully saturated rings. The van der Waals surface area contributed by atoms with E-state index in [9.17, 15) is 0 Å². The first-order valence-corrected chi connectivity index (χ1v) is 6.52. The lowest BCUT2D eigenvalue weighted by molar-refractivity contribution is 0.849. The smallest absolute Gasteiger partial charge is 0.0316 e. The highest BCUT2D eigenvalue weighted by Gasteiger charge is 2.06. The fraction of sp³-hybridized carbons (Fsp3) is 0.200. The van der Waals surface area contributed by atoms with E-state index < -0.39 is 0 Å². The molecule has 2 aromatic rings. The summed E-state index contributed by atoms with van der Waals surface area (Å²) >= 11 is 4.64. The second-order valence-corrected chi connectivity index (χ2v) is 5.28. The van der Waals surface area contributed by atoms with Gasteiger partial charge >= 0.3 is 0 Å². The largest absolute Gasteiger partial charge is 0.399 e. The van der Waals surface area contributed by atoms with Crippen LogP contribution in [0.3, 0.4) is 0 Å². The third-order valence-electron chi connectivity index (χ3n) is 2.84. The summed E-state index contributed by atoms with van der Waals surface area (Å²) < 4.78 is 0. The molecule has 0 atom stereocenters. The van der Waals surface area contributed by atoms with Crippen LogP contribution in [-0.4, -0.2) is 5.25 Å². The van der Waals surface area contributed by atoms with Gasteiger partial charge in [-0.15, -0.1) is 0 Å². The van der Waals surface area contributed by atoms with E-state index >= 15 is 0 Å². The van der Waals surface area contributed by atoms with E-state index in [1.165, 1.54) is 11.1 Å². The van der Waals surface area contributed by atoms with Gasteiger partial charge in [0.1, 0.15) is 0 Å². The average molecular weight is 258 g/mol. The highest BCUT2D eigenvalue weighted by molar-refractivity contribution is 7.80. The van der Waals surface area contributed by atoms with Crippen molar-refractivity contribution in [3.63, 3.8) is 0 Å². The molecule has 4 N–H and O–H groups in total. The quantitative estimate of drug-likeness (QED) is 0.583. The number of nitrogens with two attached hydrogens (primary N) is 2. The Balaban J connectivity index is 1.98. The molecule has 0 heterocycles. The van der Waals surface area contributed by atoms with Gasteiger partial charge in [-0.3, -0.25) is 0 Å². The van der Waals surface area contributed by atoms with Crippen LogP contribution in [0.4, 0.5) is 11.4 Å². The number of nitrogen functional groups attached to an aromatic ring is 2. The summed E-state index contributed by atoms with van der Waals surface area (Å²) in [5.74, 6) is 0. The Morgan fingerprint density at radius 3 is 1.67 bits per heavy atom. The third-order valence-corrected chi connectivity index (χ3v) is 3.21. The second-order valence-electron chi connectivity index (χ2n) is 4.55. The summed E-state index contributed by atoms with van der Waals surface area (Å²) in [5.41, 5.74) is 15.6. The van der Waals surface area contributed by atoms with E-state index in [-0.39, 0.29) is 5.25 Å². The van der Waals surface area contributed by atoms with Crippen molar-refractivity contribution < 1.29 is 0 Å². The number of hydrogen-bond donors (Lipinski definition) is 3. The summed E-state index contributed by atoms with van der Waals surface area (Å²) in [6, 6.07) is 15.9. The van der Waals surface area contributed by atoms with Crippen LogP contribution in [0.1, 0.15) is 11.1 Å². The molecule has 0 aliphatic carbocycles. The lowest BCUT2D eigenvalue weighted by Crippen LogP contribution is -2.08. The topological polar surface area (TPSA) is 52.0 Å². The van der Waals surface area contributed by atoms with E-state index in [2.05, 4.69) is 24.8 Å². The lowest BCUT2D eigenvalue weighted by atomic mass is 10.0. The summed E-state index contributed by atoms with van der Waals surface area (Å²) in [6.07, 6.45) is 1.81. The van der Waals surface area contributed by atoms with Crippen LogP contribution in [0.15, 0.2) is 48.5 Å². The van der Waals surface area contributed by atoms with Crippen LogP contribution < -0.4 is 11.5 Å². The monoisotopic (exact) mass is 258 g/mol. The van der Waals surface area contributed by atoms with Crippen molar-refractivity contribution in [3.05, 3.63) is 59.7 Å². The predicted octanol–water partition coefficient (Wildman–Crippen LogP) is 2.93. The van der Waals surface area contributed by atoms with Crippen LogP contribution in [0, 0.1) is 0 Å². The Morgan fingerprint density at radius 2 is 1.28 bits per heavy atom. The molecule has 0 saturated carbocycles. The van der Waals surface area contributed by atoms with Crippen molar-refractivity contribution in [1.29, 1.82) is 0 Å². The van der Waals surface area contributed by atoms with E-state index in [1.54, 1.807) is 0 Å². The van der Waals surface area contributed by atoms with Crippen molar-refractivity contribution in [3.8, 4) is 0 Å². The first-order chi connectivity index (χ1) is 8.63. The Labute approximate surface area is 113 Å². The molecule has 0 unspecified atom stereocenters. The van der Waals surface area contributed by atoms with Crippen LogP contribution in [0.25, 0.3) is 0 Å². The van der Waals surface area contributed by atoms with Crippen LogP contribution >= 0.6 is 12.6 Å². The average Bonchev–Trinajstić information content (AvgIpc) is 2.28. The molecule has 18 heavy (non-hydrogen) atoms. The number of hydrogen-bond acceptors (Lipinski definition) is 3. The molecule has 0 saturated heterocycles. The van der Waals surface area contributed by atoms with Crippen molar-refractivity contribution in [2.75, 3.05) is 11.5 Å². The van der Waals surface area contributed by atoms with Crippen LogP contribution in [0.2, 0.25) is 0 Å². The maximum atomic E-state index is 5.77. The molecule has 0 amide bonds. The van der Waals surface area contributed by atoms with Crippen LogP contribution in [-0.2, 0) is 12.8 Å². The third kappa shape index (κ3) is 3.70. The molecular formula is C15H18N2S. The van der Waals surface area contributed by atoms with E-state index in [1.807, 2.05) is 36.4 Å². The summed E-state index contributed by atoms with van der Waals surface area (Å²) in [5, 5.41) is 0.272. The normalized spacial score (nSPS) is 10.8. The first-order valence-electron chi connectivity index (χ1n) is 6.00. The molecular weight excluding hydrogens is 240 g/mol. The summed E-state index contributed by atoms with van der Waals surface area (Å²) in [4.78, 5) is 0. The van der Waals surface area contributed by atoms with E-state index in [0.29, 0.717) is 0 Å². The SMILES string of the molecule is Nc1cccc(CC(S)Cc2cccc(N)c2)c1. The number of rotatable bonds is 4. The fourth-order valence-corrected chi connectivity index (χ4v) is 2.48. The zero-order chi connectivity index (χ0) is 13.0. The highest BCUT2D eigenvalue weighted by atomic mass is 32.1. The Bertz CT molecular complexity index is 478. The molecule has 0 aromatic heterocycles. The predicted molar refractivity (Wildman–Crippen MR) is 81.9 cm³/mol. The van der Waals surface area contributed by atoms with Gasteiger partial charge in [-0.25, -0.2) is 0 Å². The van der Waals surface area contributed by atoms with Crippen molar-refractivity contribution in [2.24, 2.45) is 0 Å². The number of benzene rings is 2. The van der Waals surface area contributed by atoms with Gasteiger partial charge in [0.15, 0.2) is 0 Å². The maximum Gasteiger partial charge on any atom is 0.0316 e. The zero-order valence-electron chi connectivity index (χ0n) is 10.2. The molecule has 0 aliphatic rings. The standard InChI is InChI=1S/C15H18N2S/c16-13-5-1-3-11(7-13)9-15(18)10-12-4-2-6-14(17)8-12/h1-8,15,18H,9-10,16-17H2. The first kappa shape index (κ1) is 12.8. The second kappa shape index (κ2) is 5.83. The van der Waals surface area contributed by atoms with Gasteiger partial charge in [0.25, 0.3) is 0 Å². The summed E-state index contributed by atoms with van der Waals surface area (Å²) in [7, 11) is 0. The van der Waals surface area contributed by atoms with E-state index in [0.717, 1.165) is 24.2 Å². The zero-order valence-corrected chi connectivity index (χ0v) is 11.1. The molecule has 2 nitrogen and oxygen atoms in total. The molecule has 2 aromatic carbocycles. The van der Waals surface area contributed by atoms with Gasteiger partial charge < -0.3 is 11.5 Å².